The van der Waals surface area contributed by atoms with Crippen LogP contribution in [0.2, 0.25) is 5.02 Å². The molecule has 0 aliphatic carbocycles. The third-order valence-corrected chi connectivity index (χ3v) is 6.38. The van der Waals surface area contributed by atoms with Crippen LogP contribution in [0.25, 0.3) is 0 Å². The second-order valence-corrected chi connectivity index (χ2v) is 8.92. The Kier molecular flexibility index (Phi) is 6.15. The van der Waals surface area contributed by atoms with Gasteiger partial charge >= 0.3 is 0 Å². The highest BCUT2D eigenvalue weighted by atomic mass is 79.9. The van der Waals surface area contributed by atoms with E-state index in [0.29, 0.717) is 27.1 Å². The second-order valence-electron chi connectivity index (χ2n) is 6.63. The minimum absolute atomic E-state index is 0.302. The third-order valence-electron chi connectivity index (χ3n) is 4.55. The number of hydrazine groups is 1. The molecule has 4 rings (SSSR count). The molecule has 0 unspecified atom stereocenters. The number of thioether (sulfide) groups is 1. The number of nitrogens with one attached hydrogen (secondary N) is 1. The van der Waals surface area contributed by atoms with Gasteiger partial charge in [0.15, 0.2) is 10.9 Å². The molecule has 1 fully saturated rings. The highest BCUT2D eigenvalue weighted by Gasteiger charge is 2.46. The van der Waals surface area contributed by atoms with Crippen molar-refractivity contribution in [3.05, 3.63) is 99.5 Å². The largest absolute Gasteiger partial charge is 0.365 e. The first kappa shape index (κ1) is 20.9. The molecular formula is C22H17BrClN3O2S. The fourth-order valence-electron chi connectivity index (χ4n) is 3.01. The van der Waals surface area contributed by atoms with Crippen molar-refractivity contribution in [1.82, 2.24) is 10.4 Å². The molecule has 2 N–H and O–H groups in total. The molecule has 0 bridgehead atoms. The molecule has 1 heterocycles. The van der Waals surface area contributed by atoms with Gasteiger partial charge in [-0.25, -0.2) is 10.0 Å². The maximum Gasteiger partial charge on any atom is 0.269 e. The fourth-order valence-corrected chi connectivity index (χ4v) is 4.65. The molecule has 1 atom stereocenters. The molecule has 0 aromatic heterocycles. The number of aliphatic imine (C=N–C) groups is 1. The Morgan fingerprint density at radius 1 is 1.10 bits per heavy atom. The number of amidine groups is 1. The summed E-state index contributed by atoms with van der Waals surface area (Å²) in [6.45, 7) is 0. The summed E-state index contributed by atoms with van der Waals surface area (Å²) in [7, 11) is 0. The zero-order valence-corrected chi connectivity index (χ0v) is 18.8. The smallest absolute Gasteiger partial charge is 0.269 e. The lowest BCUT2D eigenvalue weighted by Crippen LogP contribution is -2.54. The number of para-hydroxylation sites is 1. The van der Waals surface area contributed by atoms with E-state index in [1.54, 1.807) is 24.3 Å². The topological polar surface area (TPSA) is 64.9 Å². The van der Waals surface area contributed by atoms with Gasteiger partial charge < -0.3 is 5.11 Å². The van der Waals surface area contributed by atoms with Crippen LogP contribution in [0.4, 0.5) is 5.69 Å². The van der Waals surface area contributed by atoms with E-state index in [9.17, 15) is 9.90 Å². The van der Waals surface area contributed by atoms with Crippen LogP contribution in [-0.4, -0.2) is 26.9 Å². The molecule has 1 aliphatic heterocycles. The zero-order valence-electron chi connectivity index (χ0n) is 15.6. The summed E-state index contributed by atoms with van der Waals surface area (Å²) >= 11 is 10.7. The highest BCUT2D eigenvalue weighted by Crippen LogP contribution is 2.39. The number of carbonyl (C=O) groups is 1. The van der Waals surface area contributed by atoms with Crippen molar-refractivity contribution >= 4 is 56.1 Å². The van der Waals surface area contributed by atoms with Crippen molar-refractivity contribution < 1.29 is 9.90 Å². The SMILES string of the molecule is O=C(NN1C(=Nc2ccccc2)SC[C@@]1(O)c1cccc(Br)c1)c1ccc(Cl)cc1. The van der Waals surface area contributed by atoms with E-state index < -0.39 is 5.72 Å². The number of hydrogen-bond donors (Lipinski definition) is 2. The van der Waals surface area contributed by atoms with Crippen molar-refractivity contribution in [2.24, 2.45) is 4.99 Å². The van der Waals surface area contributed by atoms with E-state index in [4.69, 9.17) is 11.6 Å². The number of halogens is 2. The fraction of sp³-hybridized carbons (Fsp3) is 0.0909. The first-order chi connectivity index (χ1) is 14.5. The summed E-state index contributed by atoms with van der Waals surface area (Å²) in [5, 5.41) is 14.1. The molecule has 0 spiro atoms. The number of aliphatic hydroxyl groups is 1. The van der Waals surface area contributed by atoms with Crippen LogP contribution in [0.5, 0.6) is 0 Å². The Balaban J connectivity index is 1.72. The maximum absolute atomic E-state index is 12.9. The molecule has 30 heavy (non-hydrogen) atoms. The predicted molar refractivity (Wildman–Crippen MR) is 125 cm³/mol. The molecule has 0 radical (unpaired) electrons. The van der Waals surface area contributed by atoms with Crippen LogP contribution < -0.4 is 5.43 Å². The number of amides is 1. The van der Waals surface area contributed by atoms with Gasteiger partial charge in [-0.3, -0.25) is 10.2 Å². The molecule has 1 aliphatic rings. The van der Waals surface area contributed by atoms with E-state index >= 15 is 0 Å². The second kappa shape index (κ2) is 8.81. The Morgan fingerprint density at radius 2 is 1.83 bits per heavy atom. The van der Waals surface area contributed by atoms with E-state index in [2.05, 4.69) is 26.3 Å². The van der Waals surface area contributed by atoms with Gasteiger partial charge in [-0.1, -0.05) is 69.6 Å². The van der Waals surface area contributed by atoms with Gasteiger partial charge in [0.25, 0.3) is 5.91 Å². The zero-order chi connectivity index (χ0) is 21.1. The van der Waals surface area contributed by atoms with Crippen LogP contribution in [0.3, 0.4) is 0 Å². The molecular weight excluding hydrogens is 486 g/mol. The van der Waals surface area contributed by atoms with Crippen LogP contribution in [-0.2, 0) is 5.72 Å². The van der Waals surface area contributed by atoms with E-state index in [-0.39, 0.29) is 5.91 Å². The summed E-state index contributed by atoms with van der Waals surface area (Å²) in [6, 6.07) is 23.3. The summed E-state index contributed by atoms with van der Waals surface area (Å²) in [5.41, 5.74) is 3.15. The van der Waals surface area contributed by atoms with Gasteiger partial charge in [-0.15, -0.1) is 0 Å². The van der Waals surface area contributed by atoms with Crippen molar-refractivity contribution in [3.63, 3.8) is 0 Å². The van der Waals surface area contributed by atoms with Crippen molar-refractivity contribution in [2.75, 3.05) is 5.75 Å². The number of nitrogens with zero attached hydrogens (tertiary/aromatic N) is 2. The van der Waals surface area contributed by atoms with Crippen molar-refractivity contribution in [1.29, 1.82) is 0 Å². The van der Waals surface area contributed by atoms with Crippen molar-refractivity contribution in [2.45, 2.75) is 5.72 Å². The number of hydrogen-bond acceptors (Lipinski definition) is 4. The average molecular weight is 503 g/mol. The van der Waals surface area contributed by atoms with E-state index in [1.165, 1.54) is 16.8 Å². The van der Waals surface area contributed by atoms with Crippen molar-refractivity contribution in [3.8, 4) is 0 Å². The molecule has 3 aromatic carbocycles. The average Bonchev–Trinajstić information content (AvgIpc) is 3.06. The standard InChI is InChI=1S/C22H17BrClN3O2S/c23-17-6-4-5-16(13-17)22(29)14-30-21(25-19-7-2-1-3-8-19)27(22)26-20(28)15-9-11-18(24)12-10-15/h1-13,29H,14H2,(H,26,28)/t22-/m1/s1. The molecule has 8 heteroatoms. The monoisotopic (exact) mass is 501 g/mol. The van der Waals surface area contributed by atoms with Crippen LogP contribution >= 0.6 is 39.3 Å². The Labute approximate surface area is 191 Å². The van der Waals surface area contributed by atoms with E-state index in [1.807, 2.05) is 54.6 Å². The van der Waals surface area contributed by atoms with Crippen LogP contribution in [0.15, 0.2) is 88.3 Å². The van der Waals surface area contributed by atoms with Gasteiger partial charge in [-0.2, -0.15) is 0 Å². The van der Waals surface area contributed by atoms with Gasteiger partial charge in [0, 0.05) is 20.6 Å². The summed E-state index contributed by atoms with van der Waals surface area (Å²) in [6.07, 6.45) is 0. The lowest BCUT2D eigenvalue weighted by atomic mass is 10.0. The lowest BCUT2D eigenvalue weighted by molar-refractivity contribution is -0.0676. The summed E-state index contributed by atoms with van der Waals surface area (Å²) in [4.78, 5) is 17.6. The lowest BCUT2D eigenvalue weighted by Gasteiger charge is -2.34. The summed E-state index contributed by atoms with van der Waals surface area (Å²) < 4.78 is 0.829. The number of rotatable bonds is 4. The first-order valence-corrected chi connectivity index (χ1v) is 11.2. The third kappa shape index (κ3) is 4.39. The minimum Gasteiger partial charge on any atom is -0.365 e. The first-order valence-electron chi connectivity index (χ1n) is 9.07. The van der Waals surface area contributed by atoms with Crippen LogP contribution in [0, 0.1) is 0 Å². The Bertz CT molecular complexity index is 1100. The van der Waals surface area contributed by atoms with E-state index in [0.717, 1.165) is 10.2 Å². The normalized spacial score (nSPS) is 19.8. The number of benzene rings is 3. The molecule has 0 saturated carbocycles. The van der Waals surface area contributed by atoms with Gasteiger partial charge in [0.1, 0.15) is 0 Å². The molecule has 5 nitrogen and oxygen atoms in total. The summed E-state index contributed by atoms with van der Waals surface area (Å²) in [5.74, 6) is -0.0703. The molecule has 152 valence electrons. The molecule has 1 saturated heterocycles. The Hall–Kier alpha value is -2.32. The quantitative estimate of drug-likeness (QED) is 0.506. The maximum atomic E-state index is 12.9. The Morgan fingerprint density at radius 3 is 2.53 bits per heavy atom. The highest BCUT2D eigenvalue weighted by molar-refractivity contribution is 9.10. The number of carbonyl (C=O) groups excluding carboxylic acids is 1. The predicted octanol–water partition coefficient (Wildman–Crippen LogP) is 5.33. The van der Waals surface area contributed by atoms with Gasteiger partial charge in [0.05, 0.1) is 11.4 Å². The molecule has 3 aromatic rings. The minimum atomic E-state index is -1.47. The molecule has 1 amide bonds. The van der Waals surface area contributed by atoms with Gasteiger partial charge in [0.2, 0.25) is 0 Å². The van der Waals surface area contributed by atoms with Gasteiger partial charge in [-0.05, 0) is 48.5 Å². The van der Waals surface area contributed by atoms with Crippen LogP contribution in [0.1, 0.15) is 15.9 Å².